The van der Waals surface area contributed by atoms with E-state index in [-0.39, 0.29) is 12.1 Å². The highest BCUT2D eigenvalue weighted by Crippen LogP contribution is 2.36. The van der Waals surface area contributed by atoms with Gasteiger partial charge in [-0.15, -0.1) is 11.8 Å². The number of hydrogen-bond donors (Lipinski definition) is 0. The molecule has 0 aromatic rings. The minimum Gasteiger partial charge on any atom is -0.459 e. The van der Waals surface area contributed by atoms with Crippen molar-refractivity contribution in [1.82, 2.24) is 0 Å². The van der Waals surface area contributed by atoms with Crippen LogP contribution in [0, 0.1) is 17.8 Å². The molecule has 0 aromatic carbocycles. The normalized spacial score (nSPS) is 35.4. The summed E-state index contributed by atoms with van der Waals surface area (Å²) < 4.78 is 16.2. The van der Waals surface area contributed by atoms with Crippen molar-refractivity contribution in [2.24, 2.45) is 17.8 Å². The Balaban J connectivity index is 1.88. The van der Waals surface area contributed by atoms with Crippen LogP contribution >= 0.6 is 11.8 Å². The van der Waals surface area contributed by atoms with Crippen molar-refractivity contribution in [2.45, 2.75) is 64.8 Å². The van der Waals surface area contributed by atoms with Gasteiger partial charge in [0.05, 0.1) is 5.75 Å². The average molecular weight is 330 g/mol. The van der Waals surface area contributed by atoms with E-state index in [4.69, 9.17) is 14.2 Å². The van der Waals surface area contributed by atoms with Gasteiger partial charge in [0.1, 0.15) is 6.10 Å². The lowest BCUT2D eigenvalue weighted by molar-refractivity contribution is -0.185. The van der Waals surface area contributed by atoms with Crippen LogP contribution in [0.1, 0.15) is 47.0 Å². The summed E-state index contributed by atoms with van der Waals surface area (Å²) in [6.07, 6.45) is 2.53. The van der Waals surface area contributed by atoms with E-state index in [2.05, 4.69) is 20.8 Å². The third-order valence-electron chi connectivity index (χ3n) is 4.38. The van der Waals surface area contributed by atoms with Gasteiger partial charge in [-0.1, -0.05) is 27.2 Å². The van der Waals surface area contributed by atoms with E-state index in [0.717, 1.165) is 12.8 Å². The maximum absolute atomic E-state index is 12.3. The summed E-state index contributed by atoms with van der Waals surface area (Å²) in [6.45, 7) is 7.89. The van der Waals surface area contributed by atoms with Gasteiger partial charge in [0.25, 0.3) is 0 Å². The van der Waals surface area contributed by atoms with Crippen molar-refractivity contribution >= 4 is 23.7 Å². The zero-order chi connectivity index (χ0) is 16.3. The minimum atomic E-state index is -0.686. The highest BCUT2D eigenvalue weighted by Gasteiger charge is 2.39. The second kappa shape index (κ2) is 7.68. The molecular weight excluding hydrogens is 304 g/mol. The summed E-state index contributed by atoms with van der Waals surface area (Å²) >= 11 is 1.33. The number of thioether (sulfide) groups is 1. The van der Waals surface area contributed by atoms with Crippen LogP contribution in [0.25, 0.3) is 0 Å². The van der Waals surface area contributed by atoms with E-state index < -0.39 is 17.7 Å². The fourth-order valence-electron chi connectivity index (χ4n) is 3.21. The third kappa shape index (κ3) is 4.62. The van der Waals surface area contributed by atoms with E-state index in [1.54, 1.807) is 0 Å². The zero-order valence-corrected chi connectivity index (χ0v) is 14.6. The Morgan fingerprint density at radius 2 is 1.95 bits per heavy atom. The Hall–Kier alpha value is -0.750. The Morgan fingerprint density at radius 3 is 2.59 bits per heavy atom. The summed E-state index contributed by atoms with van der Waals surface area (Å²) in [6, 6.07) is 0. The topological polar surface area (TPSA) is 61.8 Å². The average Bonchev–Trinajstić information content (AvgIpc) is 2.86. The minimum absolute atomic E-state index is 0.0341. The molecule has 0 N–H and O–H groups in total. The number of carbonyl (C=O) groups is 2. The van der Waals surface area contributed by atoms with Crippen molar-refractivity contribution in [1.29, 1.82) is 0 Å². The molecular formula is C16H26O5S. The first-order valence-electron chi connectivity index (χ1n) is 8.01. The van der Waals surface area contributed by atoms with Crippen LogP contribution < -0.4 is 0 Å². The Bertz CT molecular complexity index is 411. The van der Waals surface area contributed by atoms with Crippen molar-refractivity contribution < 1.29 is 23.8 Å². The van der Waals surface area contributed by atoms with Crippen LogP contribution in [0.15, 0.2) is 0 Å². The van der Waals surface area contributed by atoms with Crippen molar-refractivity contribution in [2.75, 3.05) is 5.75 Å². The van der Waals surface area contributed by atoms with Gasteiger partial charge in [0.2, 0.25) is 11.7 Å². The first-order valence-corrected chi connectivity index (χ1v) is 9.06. The summed E-state index contributed by atoms with van der Waals surface area (Å²) in [5.41, 5.74) is -0.686. The first kappa shape index (κ1) is 17.6. The molecule has 2 aliphatic rings. The summed E-state index contributed by atoms with van der Waals surface area (Å²) in [4.78, 5) is 23.2. The second-order valence-electron chi connectivity index (χ2n) is 6.64. The molecule has 1 aliphatic carbocycles. The molecule has 1 saturated heterocycles. The molecule has 0 bridgehead atoms. The predicted molar refractivity (Wildman–Crippen MR) is 84.1 cm³/mol. The van der Waals surface area contributed by atoms with Crippen molar-refractivity contribution in [3.05, 3.63) is 0 Å². The molecule has 1 heterocycles. The molecule has 0 radical (unpaired) electrons. The monoisotopic (exact) mass is 330 g/mol. The highest BCUT2D eigenvalue weighted by atomic mass is 32.2. The van der Waals surface area contributed by atoms with E-state index in [1.165, 1.54) is 25.1 Å². The number of ether oxygens (including phenoxy) is 3. The lowest BCUT2D eigenvalue weighted by Gasteiger charge is -2.37. The molecule has 6 heteroatoms. The molecule has 2 rings (SSSR count). The van der Waals surface area contributed by atoms with Crippen LogP contribution in [-0.4, -0.2) is 35.5 Å². The van der Waals surface area contributed by atoms with Crippen LogP contribution in [0.3, 0.4) is 0 Å². The standard InChI is InChI=1S/C16H26O5S/c1-9(2)12-6-5-10(3)7-13(12)20-15(18)16-21-14(8-22-16)19-11(4)17/h9-10,12-14,16H,5-8H2,1-4H3/t10-,12?,13?,14?,16+/m1/s1. The predicted octanol–water partition coefficient (Wildman–Crippen LogP) is 2.97. The molecule has 5 nitrogen and oxygen atoms in total. The van der Waals surface area contributed by atoms with Gasteiger partial charge < -0.3 is 14.2 Å². The first-order chi connectivity index (χ1) is 10.4. The van der Waals surface area contributed by atoms with Gasteiger partial charge in [-0.05, 0) is 30.6 Å². The maximum Gasteiger partial charge on any atom is 0.346 e. The lowest BCUT2D eigenvalue weighted by atomic mass is 9.75. The molecule has 3 unspecified atom stereocenters. The van der Waals surface area contributed by atoms with E-state index in [1.807, 2.05) is 0 Å². The van der Waals surface area contributed by atoms with E-state index in [0.29, 0.717) is 23.5 Å². The van der Waals surface area contributed by atoms with Crippen LogP contribution in [0.4, 0.5) is 0 Å². The molecule has 0 aromatic heterocycles. The van der Waals surface area contributed by atoms with Gasteiger partial charge in [-0.2, -0.15) is 0 Å². The van der Waals surface area contributed by atoms with E-state index >= 15 is 0 Å². The van der Waals surface area contributed by atoms with Gasteiger partial charge in [-0.3, -0.25) is 4.79 Å². The number of carbonyl (C=O) groups excluding carboxylic acids is 2. The second-order valence-corrected chi connectivity index (χ2v) is 7.74. The molecule has 126 valence electrons. The number of hydrogen-bond acceptors (Lipinski definition) is 6. The number of esters is 2. The summed E-state index contributed by atoms with van der Waals surface area (Å²) in [5, 5.41) is 0. The molecule has 0 spiro atoms. The summed E-state index contributed by atoms with van der Waals surface area (Å²) in [7, 11) is 0. The van der Waals surface area contributed by atoms with Gasteiger partial charge >= 0.3 is 11.9 Å². The third-order valence-corrected chi connectivity index (χ3v) is 5.45. The molecule has 0 amide bonds. The quantitative estimate of drug-likeness (QED) is 0.739. The van der Waals surface area contributed by atoms with Gasteiger partial charge in [0.15, 0.2) is 0 Å². The Morgan fingerprint density at radius 1 is 1.23 bits per heavy atom. The fraction of sp³-hybridized carbons (Fsp3) is 0.875. The van der Waals surface area contributed by atoms with Crippen LogP contribution in [0.5, 0.6) is 0 Å². The molecule has 22 heavy (non-hydrogen) atoms. The van der Waals surface area contributed by atoms with Crippen molar-refractivity contribution in [3.63, 3.8) is 0 Å². The fourth-order valence-corrected chi connectivity index (χ4v) is 4.08. The van der Waals surface area contributed by atoms with Crippen molar-refractivity contribution in [3.8, 4) is 0 Å². The molecule has 2 fully saturated rings. The van der Waals surface area contributed by atoms with Crippen LogP contribution in [-0.2, 0) is 23.8 Å². The molecule has 1 aliphatic heterocycles. The molecule has 5 atom stereocenters. The SMILES string of the molecule is CC(=O)OC1CS[C@@H](C(=O)OC2C[C@H](C)CCC2C(C)C)O1. The zero-order valence-electron chi connectivity index (χ0n) is 13.7. The molecule has 1 saturated carbocycles. The lowest BCUT2D eigenvalue weighted by Crippen LogP contribution is -2.38. The summed E-state index contributed by atoms with van der Waals surface area (Å²) in [5.74, 6) is 1.21. The van der Waals surface area contributed by atoms with E-state index in [9.17, 15) is 9.59 Å². The highest BCUT2D eigenvalue weighted by molar-refractivity contribution is 8.00. The van der Waals surface area contributed by atoms with Gasteiger partial charge in [-0.25, -0.2) is 4.79 Å². The maximum atomic E-state index is 12.3. The largest absolute Gasteiger partial charge is 0.459 e. The smallest absolute Gasteiger partial charge is 0.346 e. The Labute approximate surface area is 136 Å². The number of rotatable bonds is 4. The van der Waals surface area contributed by atoms with Crippen LogP contribution in [0.2, 0.25) is 0 Å². The Kier molecular flexibility index (Phi) is 6.15. The van der Waals surface area contributed by atoms with Gasteiger partial charge in [0, 0.05) is 6.92 Å².